The van der Waals surface area contributed by atoms with Crippen molar-refractivity contribution in [2.24, 2.45) is 0 Å². The van der Waals surface area contributed by atoms with Crippen molar-refractivity contribution in [2.45, 2.75) is 34.6 Å². The van der Waals surface area contributed by atoms with Crippen LogP contribution in [0.4, 0.5) is 17.6 Å². The highest BCUT2D eigenvalue weighted by atomic mass is 32.2. The Morgan fingerprint density at radius 1 is 1.30 bits per heavy atom. The van der Waals surface area contributed by atoms with Crippen LogP contribution in [0.5, 0.6) is 17.2 Å². The number of furan rings is 1. The van der Waals surface area contributed by atoms with Crippen LogP contribution in [0.2, 0.25) is 0 Å². The number of fused-ring (bicyclic) bond motifs is 5. The van der Waals surface area contributed by atoms with E-state index in [1.54, 1.807) is 0 Å². The number of carbonyl (C=O) groups excluding carboxylic acids is 1. The highest BCUT2D eigenvalue weighted by molar-refractivity contribution is 8.02. The molecule has 1 saturated heterocycles. The molecular formula is C18H16F4O7S. The smallest absolute Gasteiger partial charge is 0.355 e. The number of hydrogen-bond donors (Lipinski definition) is 1. The number of aliphatic hydroxyl groups is 1. The molecule has 1 fully saturated rings. The molecule has 12 heteroatoms. The number of ether oxygens (including phenoxy) is 4. The molecule has 4 rings (SSSR count). The fourth-order valence-corrected chi connectivity index (χ4v) is 5.66. The summed E-state index contributed by atoms with van der Waals surface area (Å²) in [4.78, 5) is 9.42. The quantitative estimate of drug-likeness (QED) is 0.546. The first-order valence-electron chi connectivity index (χ1n) is 8.56. The first-order valence-corrected chi connectivity index (χ1v) is 9.44. The minimum Gasteiger partial charge on any atom is -0.495 e. The average Bonchev–Trinajstić information content (AvgIpc) is 3.27. The fraction of sp³-hybridized carbons (Fsp3) is 0.500. The second-order valence-corrected chi connectivity index (χ2v) is 8.20. The van der Waals surface area contributed by atoms with Gasteiger partial charge in [-0.05, 0) is 6.07 Å². The van der Waals surface area contributed by atoms with Gasteiger partial charge in [-0.1, -0.05) is 11.8 Å². The van der Waals surface area contributed by atoms with Gasteiger partial charge in [-0.3, -0.25) is 4.79 Å². The van der Waals surface area contributed by atoms with Gasteiger partial charge in [0, 0.05) is 6.42 Å². The second-order valence-electron chi connectivity index (χ2n) is 6.83. The Bertz CT molecular complexity index is 1030. The standard InChI is InChI=1S/C18H16F4O7S/c1-25-9-7-4-5-28-10(7)12(26-2)11-8(9)16(24)6-17(29-11,18(21,22)15(19)20)30-13(16)14(23)27-3/h4-5,13,15,24H,6H2,1-3H3/t13-,16+,17-/m1/s1. The van der Waals surface area contributed by atoms with E-state index in [1.807, 2.05) is 0 Å². The first kappa shape index (κ1) is 20.9. The molecule has 1 N–H and O–H groups in total. The van der Waals surface area contributed by atoms with Gasteiger partial charge in [-0.25, -0.2) is 8.78 Å². The lowest BCUT2D eigenvalue weighted by Crippen LogP contribution is -2.56. The van der Waals surface area contributed by atoms with E-state index in [4.69, 9.17) is 18.6 Å². The van der Waals surface area contributed by atoms with Crippen LogP contribution in [0.3, 0.4) is 0 Å². The maximum atomic E-state index is 14.7. The average molecular weight is 452 g/mol. The van der Waals surface area contributed by atoms with Gasteiger partial charge >= 0.3 is 18.3 Å². The van der Waals surface area contributed by atoms with E-state index in [0.717, 1.165) is 7.11 Å². The molecule has 3 heterocycles. The van der Waals surface area contributed by atoms with Crippen LogP contribution >= 0.6 is 11.8 Å². The molecule has 1 aromatic carbocycles. The maximum Gasteiger partial charge on any atom is 0.355 e. The molecular weight excluding hydrogens is 436 g/mol. The van der Waals surface area contributed by atoms with Gasteiger partial charge in [0.05, 0.1) is 38.5 Å². The Labute approximate surface area is 171 Å². The molecule has 1 aromatic heterocycles. The topological polar surface area (TPSA) is 87.4 Å². The molecule has 0 amide bonds. The summed E-state index contributed by atoms with van der Waals surface area (Å²) in [6, 6.07) is 1.48. The van der Waals surface area contributed by atoms with Crippen LogP contribution in [0.15, 0.2) is 16.7 Å². The number of alkyl halides is 4. The third-order valence-electron chi connectivity index (χ3n) is 5.33. The number of carbonyl (C=O) groups is 1. The van der Waals surface area contributed by atoms with Crippen LogP contribution in [0.1, 0.15) is 12.0 Å². The van der Waals surface area contributed by atoms with Gasteiger partial charge in [0.15, 0.2) is 11.3 Å². The highest BCUT2D eigenvalue weighted by Gasteiger charge is 2.76. The van der Waals surface area contributed by atoms with Gasteiger partial charge in [0.2, 0.25) is 10.7 Å². The summed E-state index contributed by atoms with van der Waals surface area (Å²) in [5.74, 6) is -6.52. The third kappa shape index (κ3) is 2.40. The minimum atomic E-state index is -4.73. The van der Waals surface area contributed by atoms with Crippen molar-refractivity contribution in [1.29, 1.82) is 0 Å². The van der Waals surface area contributed by atoms with E-state index in [0.29, 0.717) is 5.39 Å². The molecule has 0 saturated carbocycles. The Balaban J connectivity index is 2.10. The predicted octanol–water partition coefficient (Wildman–Crippen LogP) is 3.31. The number of esters is 1. The monoisotopic (exact) mass is 452 g/mol. The van der Waals surface area contributed by atoms with Gasteiger partial charge < -0.3 is 28.5 Å². The molecule has 0 spiro atoms. The maximum absolute atomic E-state index is 14.7. The molecule has 2 aromatic rings. The Hall–Kier alpha value is -2.34. The zero-order valence-electron chi connectivity index (χ0n) is 15.8. The van der Waals surface area contributed by atoms with Crippen LogP contribution in [0.25, 0.3) is 11.0 Å². The van der Waals surface area contributed by atoms with Gasteiger partial charge in [-0.15, -0.1) is 0 Å². The number of thioether (sulfide) groups is 1. The van der Waals surface area contributed by atoms with Crippen molar-refractivity contribution in [3.8, 4) is 17.2 Å². The molecule has 2 aliphatic heterocycles. The van der Waals surface area contributed by atoms with Crippen molar-refractivity contribution in [3.05, 3.63) is 17.9 Å². The van der Waals surface area contributed by atoms with Crippen LogP contribution in [0, 0.1) is 0 Å². The van der Waals surface area contributed by atoms with Gasteiger partial charge in [-0.2, -0.15) is 8.78 Å². The lowest BCUT2D eigenvalue weighted by atomic mass is 9.79. The fourth-order valence-electron chi connectivity index (χ4n) is 4.01. The minimum absolute atomic E-state index is 0.0255. The number of rotatable bonds is 5. The molecule has 2 aliphatic rings. The molecule has 0 radical (unpaired) electrons. The zero-order chi connectivity index (χ0) is 22.1. The summed E-state index contributed by atoms with van der Waals surface area (Å²) in [6.07, 6.45) is -3.88. The van der Waals surface area contributed by atoms with E-state index in [-0.39, 0.29) is 34.4 Å². The van der Waals surface area contributed by atoms with Crippen LogP contribution in [-0.2, 0) is 15.1 Å². The van der Waals surface area contributed by atoms with Crippen LogP contribution in [-0.4, -0.2) is 54.9 Å². The highest BCUT2D eigenvalue weighted by Crippen LogP contribution is 2.69. The molecule has 0 unspecified atom stereocenters. The molecule has 30 heavy (non-hydrogen) atoms. The van der Waals surface area contributed by atoms with Gasteiger partial charge in [0.1, 0.15) is 16.6 Å². The summed E-state index contributed by atoms with van der Waals surface area (Å²) in [5.41, 5.74) is -2.53. The number of benzene rings is 1. The van der Waals surface area contributed by atoms with Crippen molar-refractivity contribution in [3.63, 3.8) is 0 Å². The summed E-state index contributed by atoms with van der Waals surface area (Å²) in [5, 5.41) is 10.1. The zero-order valence-corrected chi connectivity index (χ0v) is 16.6. The SMILES string of the molecule is COC(=O)[C@H]1S[C@@]2(C(F)(F)C(F)F)C[C@]1(O)c1c(c(OC)c3occc3c1OC)O2. The lowest BCUT2D eigenvalue weighted by molar-refractivity contribution is -0.213. The normalized spacial score (nSPS) is 27.7. The van der Waals surface area contributed by atoms with E-state index < -0.39 is 46.3 Å². The third-order valence-corrected chi connectivity index (χ3v) is 7.02. The Kier molecular flexibility index (Phi) is 4.59. The molecule has 0 aliphatic carbocycles. The van der Waals surface area contributed by atoms with E-state index in [2.05, 4.69) is 4.74 Å². The molecule has 3 atom stereocenters. The predicted molar refractivity (Wildman–Crippen MR) is 95.5 cm³/mol. The van der Waals surface area contributed by atoms with E-state index in [1.165, 1.54) is 26.5 Å². The first-order chi connectivity index (χ1) is 14.1. The van der Waals surface area contributed by atoms with Crippen molar-refractivity contribution in [2.75, 3.05) is 21.3 Å². The summed E-state index contributed by atoms with van der Waals surface area (Å²) >= 11 is 0.0811. The Morgan fingerprint density at radius 3 is 2.53 bits per heavy atom. The summed E-state index contributed by atoms with van der Waals surface area (Å²) in [7, 11) is 3.44. The van der Waals surface area contributed by atoms with Crippen molar-refractivity contribution >= 4 is 28.7 Å². The Morgan fingerprint density at radius 2 is 1.97 bits per heavy atom. The van der Waals surface area contributed by atoms with E-state index in [9.17, 15) is 27.5 Å². The van der Waals surface area contributed by atoms with Crippen LogP contribution < -0.4 is 14.2 Å². The lowest BCUT2D eigenvalue weighted by Gasteiger charge is -2.42. The van der Waals surface area contributed by atoms with Gasteiger partial charge in [0.25, 0.3) is 0 Å². The second kappa shape index (κ2) is 6.58. The number of methoxy groups -OCH3 is 3. The summed E-state index contributed by atoms with van der Waals surface area (Å²) < 4.78 is 82.3. The van der Waals surface area contributed by atoms with Crippen molar-refractivity contribution in [1.82, 2.24) is 0 Å². The summed E-state index contributed by atoms with van der Waals surface area (Å²) in [6.45, 7) is 0. The molecule has 2 bridgehead atoms. The molecule has 7 nitrogen and oxygen atoms in total. The largest absolute Gasteiger partial charge is 0.495 e. The molecule has 164 valence electrons. The number of halogens is 4. The van der Waals surface area contributed by atoms with E-state index >= 15 is 0 Å². The number of hydrogen-bond acceptors (Lipinski definition) is 8. The van der Waals surface area contributed by atoms with Crippen molar-refractivity contribution < 1.29 is 50.8 Å².